The van der Waals surface area contributed by atoms with E-state index in [1.54, 1.807) is 7.05 Å². The van der Waals surface area contributed by atoms with Gasteiger partial charge in [0, 0.05) is 65.1 Å². The zero-order valence-corrected chi connectivity index (χ0v) is 23.3. The first-order chi connectivity index (χ1) is 17.9. The summed E-state index contributed by atoms with van der Waals surface area (Å²) in [7, 11) is 1.69. The average molecular weight is 514 g/mol. The molecule has 1 saturated heterocycles. The van der Waals surface area contributed by atoms with E-state index in [0.29, 0.717) is 31.3 Å². The molecule has 1 aliphatic rings. The lowest BCUT2D eigenvalue weighted by molar-refractivity contribution is -0.0326. The number of nitrogens with two attached hydrogens (primary N) is 2. The van der Waals surface area contributed by atoms with Gasteiger partial charge in [-0.3, -0.25) is 9.89 Å². The van der Waals surface area contributed by atoms with Gasteiger partial charge >= 0.3 is 0 Å². The van der Waals surface area contributed by atoms with Crippen LogP contribution < -0.4 is 11.5 Å². The lowest BCUT2D eigenvalue weighted by Gasteiger charge is -2.34. The molecule has 37 heavy (non-hydrogen) atoms. The van der Waals surface area contributed by atoms with Crippen LogP contribution in [0.15, 0.2) is 35.3 Å². The van der Waals surface area contributed by atoms with Gasteiger partial charge in [0.2, 0.25) is 0 Å². The number of aliphatic imine (C=N–C) groups is 1. The fourth-order valence-corrected chi connectivity index (χ4v) is 4.78. The maximum atomic E-state index is 6.43. The van der Waals surface area contributed by atoms with Crippen LogP contribution in [0.3, 0.4) is 0 Å². The first-order valence-corrected chi connectivity index (χ1v) is 13.6. The standard InChI is InChI=1S/C28H47N7O2/c1-5-36-21-24-32-25(27(30)31-4)26(23-11-7-6-8-12-23)35(24)22-28(2,3)37-20-10-9-14-33-16-18-34(15-13-29)19-17-33/h6-8,11-12H,5,9-10,13-22,29H2,1-4H3,(H2,30,31). The number of benzene rings is 1. The van der Waals surface area contributed by atoms with Gasteiger partial charge in [-0.05, 0) is 40.2 Å². The molecule has 0 atom stereocenters. The third-order valence-corrected chi connectivity index (χ3v) is 6.82. The predicted molar refractivity (Wildman–Crippen MR) is 151 cm³/mol. The predicted octanol–water partition coefficient (Wildman–Crippen LogP) is 2.57. The van der Waals surface area contributed by atoms with E-state index in [1.807, 2.05) is 25.1 Å². The molecule has 0 saturated carbocycles. The molecule has 0 bridgehead atoms. The van der Waals surface area contributed by atoms with Crippen LogP contribution >= 0.6 is 0 Å². The Hall–Kier alpha value is -2.30. The van der Waals surface area contributed by atoms with E-state index >= 15 is 0 Å². The van der Waals surface area contributed by atoms with Crippen molar-refractivity contribution in [2.75, 3.05) is 66.1 Å². The van der Waals surface area contributed by atoms with Gasteiger partial charge in [0.15, 0.2) is 0 Å². The van der Waals surface area contributed by atoms with Crippen LogP contribution in [0.25, 0.3) is 11.3 Å². The fraction of sp³-hybridized carbons (Fsp3) is 0.643. The Morgan fingerprint density at radius 1 is 1.05 bits per heavy atom. The van der Waals surface area contributed by atoms with Crippen LogP contribution in [-0.4, -0.2) is 96.9 Å². The number of hydrogen-bond donors (Lipinski definition) is 2. The minimum absolute atomic E-state index is 0.394. The molecule has 1 aliphatic heterocycles. The van der Waals surface area contributed by atoms with Crippen molar-refractivity contribution in [1.82, 2.24) is 19.4 Å². The van der Waals surface area contributed by atoms with Gasteiger partial charge < -0.3 is 30.4 Å². The quantitative estimate of drug-likeness (QED) is 0.214. The van der Waals surface area contributed by atoms with E-state index < -0.39 is 5.60 Å². The third-order valence-electron chi connectivity index (χ3n) is 6.82. The Kier molecular flexibility index (Phi) is 11.5. The Morgan fingerprint density at radius 2 is 1.73 bits per heavy atom. The summed E-state index contributed by atoms with van der Waals surface area (Å²) in [5.41, 5.74) is 14.3. The maximum absolute atomic E-state index is 6.43. The van der Waals surface area contributed by atoms with Crippen molar-refractivity contribution in [2.24, 2.45) is 16.5 Å². The first-order valence-electron chi connectivity index (χ1n) is 13.6. The van der Waals surface area contributed by atoms with Gasteiger partial charge in [0.05, 0.1) is 17.8 Å². The van der Waals surface area contributed by atoms with Gasteiger partial charge in [0.1, 0.15) is 24.0 Å². The van der Waals surface area contributed by atoms with Crippen LogP contribution in [0, 0.1) is 0 Å². The topological polar surface area (TPSA) is 107 Å². The van der Waals surface area contributed by atoms with E-state index in [0.717, 1.165) is 82.3 Å². The minimum atomic E-state index is -0.394. The van der Waals surface area contributed by atoms with Gasteiger partial charge in [-0.1, -0.05) is 30.3 Å². The second-order valence-corrected chi connectivity index (χ2v) is 10.2. The highest BCUT2D eigenvalue weighted by Crippen LogP contribution is 2.28. The smallest absolute Gasteiger partial charge is 0.146 e. The number of nitrogens with zero attached hydrogens (tertiary/aromatic N) is 5. The molecule has 0 unspecified atom stereocenters. The van der Waals surface area contributed by atoms with Gasteiger partial charge in [0.25, 0.3) is 0 Å². The van der Waals surface area contributed by atoms with E-state index in [4.69, 9.17) is 25.9 Å². The van der Waals surface area contributed by atoms with Crippen molar-refractivity contribution >= 4 is 5.84 Å². The van der Waals surface area contributed by atoms with Crippen LogP contribution in [0.4, 0.5) is 0 Å². The number of aromatic nitrogens is 2. The van der Waals surface area contributed by atoms with Gasteiger partial charge in [-0.15, -0.1) is 0 Å². The molecule has 9 heteroatoms. The summed E-state index contributed by atoms with van der Waals surface area (Å²) in [5.74, 6) is 1.24. The molecule has 3 rings (SSSR count). The van der Waals surface area contributed by atoms with E-state index in [2.05, 4.69) is 45.3 Å². The number of unbranched alkanes of at least 4 members (excludes halogenated alkanes) is 1. The highest BCUT2D eigenvalue weighted by atomic mass is 16.5. The van der Waals surface area contributed by atoms with Crippen molar-refractivity contribution in [2.45, 2.75) is 52.4 Å². The summed E-state index contributed by atoms with van der Waals surface area (Å²) in [6.45, 7) is 16.0. The van der Waals surface area contributed by atoms with Crippen molar-refractivity contribution in [3.8, 4) is 11.3 Å². The molecular weight excluding hydrogens is 466 g/mol. The average Bonchev–Trinajstić information content (AvgIpc) is 3.25. The number of piperazine rings is 1. The molecule has 0 radical (unpaired) electrons. The van der Waals surface area contributed by atoms with E-state index in [9.17, 15) is 0 Å². The summed E-state index contributed by atoms with van der Waals surface area (Å²) >= 11 is 0. The second kappa shape index (κ2) is 14.6. The first kappa shape index (κ1) is 29.3. The number of hydrogen-bond acceptors (Lipinski definition) is 7. The summed E-state index contributed by atoms with van der Waals surface area (Å²) in [4.78, 5) is 14.1. The lowest BCUT2D eigenvalue weighted by Crippen LogP contribution is -2.47. The van der Waals surface area contributed by atoms with Crippen molar-refractivity contribution in [3.05, 3.63) is 41.9 Å². The normalized spacial score (nSPS) is 16.0. The minimum Gasteiger partial charge on any atom is -0.382 e. The molecule has 1 aromatic carbocycles. The Balaban J connectivity index is 1.64. The molecule has 4 N–H and O–H groups in total. The molecule has 0 aliphatic carbocycles. The molecule has 1 fully saturated rings. The van der Waals surface area contributed by atoms with Gasteiger partial charge in [-0.2, -0.15) is 0 Å². The van der Waals surface area contributed by atoms with Crippen LogP contribution in [0.5, 0.6) is 0 Å². The monoisotopic (exact) mass is 513 g/mol. The molecule has 9 nitrogen and oxygen atoms in total. The Morgan fingerprint density at radius 3 is 2.35 bits per heavy atom. The summed E-state index contributed by atoms with van der Waals surface area (Å²) in [5, 5.41) is 0. The van der Waals surface area contributed by atoms with E-state index in [1.165, 1.54) is 0 Å². The number of imidazole rings is 1. The molecule has 0 spiro atoms. The Labute approximate surface area is 222 Å². The summed E-state index contributed by atoms with van der Waals surface area (Å²) in [6, 6.07) is 10.2. The largest absolute Gasteiger partial charge is 0.382 e. The van der Waals surface area contributed by atoms with Crippen LogP contribution in [0.1, 0.15) is 45.1 Å². The van der Waals surface area contributed by atoms with Crippen molar-refractivity contribution in [1.29, 1.82) is 0 Å². The molecule has 2 heterocycles. The highest BCUT2D eigenvalue weighted by molar-refractivity contribution is 6.01. The molecular formula is C28H47N7O2. The molecule has 1 aromatic heterocycles. The van der Waals surface area contributed by atoms with Crippen molar-refractivity contribution < 1.29 is 9.47 Å². The zero-order valence-electron chi connectivity index (χ0n) is 23.3. The maximum Gasteiger partial charge on any atom is 0.146 e. The van der Waals surface area contributed by atoms with Gasteiger partial charge in [-0.25, -0.2) is 4.98 Å². The molecule has 2 aromatic rings. The number of amidine groups is 1. The Bertz CT molecular complexity index is 966. The lowest BCUT2D eigenvalue weighted by atomic mass is 10.1. The van der Waals surface area contributed by atoms with E-state index in [-0.39, 0.29) is 0 Å². The van der Waals surface area contributed by atoms with Crippen LogP contribution in [-0.2, 0) is 22.6 Å². The molecule has 0 amide bonds. The van der Waals surface area contributed by atoms with Crippen LogP contribution in [0.2, 0.25) is 0 Å². The highest BCUT2D eigenvalue weighted by Gasteiger charge is 2.27. The number of ether oxygens (including phenoxy) is 2. The SMILES string of the molecule is CCOCc1nc(C(N)=NC)c(-c2ccccc2)n1CC(C)(C)OCCCCN1CCN(CCN)CC1. The number of rotatable bonds is 15. The summed E-state index contributed by atoms with van der Waals surface area (Å²) in [6.07, 6.45) is 2.17. The van der Waals surface area contributed by atoms with Crippen molar-refractivity contribution in [3.63, 3.8) is 0 Å². The summed E-state index contributed by atoms with van der Waals surface area (Å²) < 4.78 is 14.4. The second-order valence-electron chi connectivity index (χ2n) is 10.2. The molecule has 206 valence electrons. The fourth-order valence-electron chi connectivity index (χ4n) is 4.78. The zero-order chi connectivity index (χ0) is 26.7. The third kappa shape index (κ3) is 8.61.